The molecule has 0 N–H and O–H groups in total. The summed E-state index contributed by atoms with van der Waals surface area (Å²) in [5, 5.41) is 6.04. The van der Waals surface area contributed by atoms with Crippen LogP contribution in [-0.2, 0) is 4.79 Å². The summed E-state index contributed by atoms with van der Waals surface area (Å²) in [7, 11) is 0. The van der Waals surface area contributed by atoms with Crippen molar-refractivity contribution in [2.24, 2.45) is 5.10 Å². The summed E-state index contributed by atoms with van der Waals surface area (Å²) in [5.41, 5.74) is 3.45. The molecule has 3 aromatic carbocycles. The first-order chi connectivity index (χ1) is 13.7. The number of rotatable bonds is 4. The fraction of sp³-hybridized carbons (Fsp3) is 0.0833. The van der Waals surface area contributed by atoms with Crippen molar-refractivity contribution in [3.05, 3.63) is 114 Å². The van der Waals surface area contributed by atoms with Crippen molar-refractivity contribution >= 4 is 17.7 Å². The topological polar surface area (TPSA) is 32.7 Å². The van der Waals surface area contributed by atoms with E-state index in [4.69, 9.17) is 0 Å². The molecule has 0 radical (unpaired) electrons. The maximum Gasteiger partial charge on any atom is 0.267 e. The van der Waals surface area contributed by atoms with Crippen molar-refractivity contribution in [3.8, 4) is 0 Å². The van der Waals surface area contributed by atoms with E-state index in [1.165, 1.54) is 23.2 Å². The van der Waals surface area contributed by atoms with Gasteiger partial charge in [-0.25, -0.2) is 9.40 Å². The average molecular weight is 370 g/mol. The summed E-state index contributed by atoms with van der Waals surface area (Å²) < 4.78 is 13.8. The standard InChI is InChI=1S/C24H19FN2O/c25-21-13-7-12-20(16-21)23-17-22(19-10-5-2-6-11-19)26-27(23)24(28)15-14-18-8-3-1-4-9-18/h1-16,23H,17H2/b15-14+. The van der Waals surface area contributed by atoms with Crippen molar-refractivity contribution in [1.82, 2.24) is 5.01 Å². The fourth-order valence-electron chi connectivity index (χ4n) is 3.30. The third-order valence-electron chi connectivity index (χ3n) is 4.69. The molecular formula is C24H19FN2O. The second-order valence-electron chi connectivity index (χ2n) is 6.61. The Labute approximate surface area is 163 Å². The van der Waals surface area contributed by atoms with Crippen LogP contribution >= 0.6 is 0 Å². The highest BCUT2D eigenvalue weighted by Crippen LogP contribution is 2.33. The molecule has 0 aromatic heterocycles. The zero-order valence-electron chi connectivity index (χ0n) is 15.2. The number of hydrazone groups is 1. The lowest BCUT2D eigenvalue weighted by Crippen LogP contribution is -2.25. The molecule has 1 unspecified atom stereocenters. The van der Waals surface area contributed by atoms with Crippen LogP contribution in [0.3, 0.4) is 0 Å². The van der Waals surface area contributed by atoms with Gasteiger partial charge in [0.15, 0.2) is 0 Å². The molecule has 3 nitrogen and oxygen atoms in total. The summed E-state index contributed by atoms with van der Waals surface area (Å²) in [6.45, 7) is 0. The summed E-state index contributed by atoms with van der Waals surface area (Å²) in [6.07, 6.45) is 3.82. The van der Waals surface area contributed by atoms with Crippen LogP contribution in [0.4, 0.5) is 4.39 Å². The van der Waals surface area contributed by atoms with E-state index in [9.17, 15) is 9.18 Å². The van der Waals surface area contributed by atoms with Gasteiger partial charge in [0.1, 0.15) is 5.82 Å². The van der Waals surface area contributed by atoms with Gasteiger partial charge in [-0.15, -0.1) is 0 Å². The van der Waals surface area contributed by atoms with Gasteiger partial charge in [-0.1, -0.05) is 72.8 Å². The third-order valence-corrected chi connectivity index (χ3v) is 4.69. The van der Waals surface area contributed by atoms with Crippen LogP contribution in [0.25, 0.3) is 6.08 Å². The average Bonchev–Trinajstić information content (AvgIpc) is 3.19. The molecule has 0 saturated heterocycles. The molecular weight excluding hydrogens is 351 g/mol. The van der Waals surface area contributed by atoms with Gasteiger partial charge in [-0.05, 0) is 34.9 Å². The first-order valence-corrected chi connectivity index (χ1v) is 9.15. The molecule has 1 aliphatic heterocycles. The predicted octanol–water partition coefficient (Wildman–Crippen LogP) is 5.22. The van der Waals surface area contributed by atoms with Gasteiger partial charge in [0.25, 0.3) is 5.91 Å². The molecule has 1 heterocycles. The highest BCUT2D eigenvalue weighted by molar-refractivity contribution is 6.04. The van der Waals surface area contributed by atoms with Gasteiger partial charge in [0.05, 0.1) is 11.8 Å². The Hall–Kier alpha value is -3.53. The highest BCUT2D eigenvalue weighted by Gasteiger charge is 2.32. The fourth-order valence-corrected chi connectivity index (χ4v) is 3.30. The summed E-state index contributed by atoms with van der Waals surface area (Å²) in [5.74, 6) is -0.554. The molecule has 0 aliphatic carbocycles. The minimum absolute atomic E-state index is 0.232. The second-order valence-corrected chi connectivity index (χ2v) is 6.61. The lowest BCUT2D eigenvalue weighted by Gasteiger charge is -2.20. The Morgan fingerprint density at radius 2 is 1.68 bits per heavy atom. The van der Waals surface area contributed by atoms with Crippen molar-refractivity contribution < 1.29 is 9.18 Å². The lowest BCUT2D eigenvalue weighted by atomic mass is 9.98. The molecule has 0 spiro atoms. The molecule has 28 heavy (non-hydrogen) atoms. The normalized spacial score (nSPS) is 16.4. The molecule has 1 atom stereocenters. The maximum atomic E-state index is 13.8. The first-order valence-electron chi connectivity index (χ1n) is 9.15. The van der Waals surface area contributed by atoms with Crippen LogP contribution in [0.2, 0.25) is 0 Å². The molecule has 0 saturated carbocycles. The number of carbonyl (C=O) groups is 1. The van der Waals surface area contributed by atoms with E-state index in [2.05, 4.69) is 5.10 Å². The van der Waals surface area contributed by atoms with E-state index in [0.717, 1.165) is 22.4 Å². The van der Waals surface area contributed by atoms with Crippen LogP contribution in [0, 0.1) is 5.82 Å². The zero-order valence-corrected chi connectivity index (χ0v) is 15.2. The van der Waals surface area contributed by atoms with Gasteiger partial charge in [-0.3, -0.25) is 4.79 Å². The quantitative estimate of drug-likeness (QED) is 0.580. The highest BCUT2D eigenvalue weighted by atomic mass is 19.1. The number of hydrogen-bond acceptors (Lipinski definition) is 2. The SMILES string of the molecule is O=C(/C=C/c1ccccc1)N1N=C(c2ccccc2)CC1c1cccc(F)c1. The van der Waals surface area contributed by atoms with Gasteiger partial charge in [-0.2, -0.15) is 5.10 Å². The van der Waals surface area contributed by atoms with Crippen LogP contribution in [0.1, 0.15) is 29.2 Å². The summed E-state index contributed by atoms with van der Waals surface area (Å²) in [4.78, 5) is 12.9. The number of nitrogens with zero attached hydrogens (tertiary/aromatic N) is 2. The monoisotopic (exact) mass is 370 g/mol. The van der Waals surface area contributed by atoms with E-state index >= 15 is 0 Å². The minimum Gasteiger partial charge on any atom is -0.268 e. The van der Waals surface area contributed by atoms with E-state index in [1.807, 2.05) is 66.7 Å². The largest absolute Gasteiger partial charge is 0.268 e. The Bertz CT molecular complexity index is 1030. The molecule has 138 valence electrons. The van der Waals surface area contributed by atoms with Crippen LogP contribution < -0.4 is 0 Å². The summed E-state index contributed by atoms with van der Waals surface area (Å²) in [6, 6.07) is 25.4. The van der Waals surface area contributed by atoms with Gasteiger partial charge in [0.2, 0.25) is 0 Å². The Morgan fingerprint density at radius 1 is 0.964 bits per heavy atom. The van der Waals surface area contributed by atoms with Crippen LogP contribution in [0.15, 0.2) is 96.1 Å². The first kappa shape index (κ1) is 17.9. The van der Waals surface area contributed by atoms with Crippen LogP contribution in [0.5, 0.6) is 0 Å². The Morgan fingerprint density at radius 3 is 2.39 bits per heavy atom. The van der Waals surface area contributed by atoms with Crippen molar-refractivity contribution in [2.45, 2.75) is 12.5 Å². The molecule has 3 aromatic rings. The van der Waals surface area contributed by atoms with Crippen molar-refractivity contribution in [2.75, 3.05) is 0 Å². The third kappa shape index (κ3) is 3.91. The lowest BCUT2D eigenvalue weighted by molar-refractivity contribution is -0.127. The molecule has 4 rings (SSSR count). The van der Waals surface area contributed by atoms with E-state index in [-0.39, 0.29) is 17.8 Å². The number of hydrogen-bond donors (Lipinski definition) is 0. The number of benzene rings is 3. The van der Waals surface area contributed by atoms with Crippen molar-refractivity contribution in [3.63, 3.8) is 0 Å². The number of halogens is 1. The molecule has 1 aliphatic rings. The molecule has 1 amide bonds. The van der Waals surface area contributed by atoms with Gasteiger partial charge in [0, 0.05) is 12.5 Å². The van der Waals surface area contributed by atoms with E-state index in [0.29, 0.717) is 6.42 Å². The minimum atomic E-state index is -0.334. The van der Waals surface area contributed by atoms with E-state index in [1.54, 1.807) is 12.1 Å². The molecule has 0 bridgehead atoms. The smallest absolute Gasteiger partial charge is 0.267 e. The van der Waals surface area contributed by atoms with Crippen LogP contribution in [-0.4, -0.2) is 16.6 Å². The van der Waals surface area contributed by atoms with E-state index < -0.39 is 0 Å². The van der Waals surface area contributed by atoms with Gasteiger partial charge < -0.3 is 0 Å². The predicted molar refractivity (Wildman–Crippen MR) is 109 cm³/mol. The maximum absolute atomic E-state index is 13.8. The number of carbonyl (C=O) groups excluding carboxylic acids is 1. The molecule has 0 fully saturated rings. The summed E-state index contributed by atoms with van der Waals surface area (Å²) >= 11 is 0. The van der Waals surface area contributed by atoms with Gasteiger partial charge >= 0.3 is 0 Å². The Kier molecular flexibility index (Phi) is 5.11. The van der Waals surface area contributed by atoms with Crippen molar-refractivity contribution in [1.29, 1.82) is 0 Å². The Balaban J connectivity index is 1.65. The number of amides is 1. The second kappa shape index (κ2) is 8.01. The zero-order chi connectivity index (χ0) is 19.3. The molecule has 4 heteroatoms.